The minimum Gasteiger partial charge on any atom is -0.492 e. The Morgan fingerprint density at radius 1 is 1.05 bits per heavy atom. The van der Waals surface area contributed by atoms with Crippen molar-refractivity contribution in [3.8, 4) is 16.9 Å². The van der Waals surface area contributed by atoms with Crippen molar-refractivity contribution < 1.29 is 23.8 Å². The molecule has 1 N–H and O–H groups in total. The molecule has 0 saturated carbocycles. The van der Waals surface area contributed by atoms with E-state index in [0.717, 1.165) is 73.8 Å². The number of carbonyl (C=O) groups excluding carboxylic acids is 2. The van der Waals surface area contributed by atoms with Crippen molar-refractivity contribution in [2.24, 2.45) is 0 Å². The number of anilines is 1. The predicted octanol–water partition coefficient (Wildman–Crippen LogP) is 5.29. The molecule has 8 heteroatoms. The Morgan fingerprint density at radius 3 is 2.62 bits per heavy atom. The number of hydrogen-bond donors (Lipinski definition) is 1. The van der Waals surface area contributed by atoms with Crippen LogP contribution in [0.2, 0.25) is 0 Å². The van der Waals surface area contributed by atoms with Crippen LogP contribution < -0.4 is 15.0 Å². The van der Waals surface area contributed by atoms with Crippen LogP contribution in [-0.4, -0.2) is 77.1 Å². The average Bonchev–Trinajstić information content (AvgIpc) is 2.97. The molecule has 0 aromatic heterocycles. The largest absolute Gasteiger partial charge is 0.492 e. The van der Waals surface area contributed by atoms with Crippen molar-refractivity contribution >= 4 is 17.7 Å². The lowest BCUT2D eigenvalue weighted by Gasteiger charge is -2.26. The van der Waals surface area contributed by atoms with Gasteiger partial charge >= 0.3 is 12.0 Å². The van der Waals surface area contributed by atoms with Crippen LogP contribution in [0.4, 0.5) is 10.5 Å². The predicted molar refractivity (Wildman–Crippen MR) is 156 cm³/mol. The number of aryl methyl sites for hydroxylation is 1. The number of rotatable bonds is 15. The lowest BCUT2D eigenvalue weighted by Crippen LogP contribution is -2.38. The number of carbonyl (C=O) groups is 2. The molecule has 2 amide bonds. The van der Waals surface area contributed by atoms with Crippen molar-refractivity contribution in [1.82, 2.24) is 10.2 Å². The van der Waals surface area contributed by atoms with Crippen LogP contribution in [0, 0.1) is 0 Å². The molecule has 1 heterocycles. The highest BCUT2D eigenvalue weighted by Crippen LogP contribution is 2.33. The summed E-state index contributed by atoms with van der Waals surface area (Å²) in [5.74, 6) is 0.533. The number of hydrogen-bond acceptors (Lipinski definition) is 6. The maximum atomic E-state index is 12.8. The SMILES string of the molecule is CCCCCCCNC(=O)N(C)c1cccc(-c2ccc(CCC(=O)OC)cc2OCCN2CCOCC2)c1. The van der Waals surface area contributed by atoms with E-state index in [4.69, 9.17) is 14.2 Å². The molecule has 214 valence electrons. The van der Waals surface area contributed by atoms with Crippen LogP contribution >= 0.6 is 0 Å². The van der Waals surface area contributed by atoms with Crippen LogP contribution in [-0.2, 0) is 20.7 Å². The number of unbranched alkanes of at least 4 members (excludes halogenated alkanes) is 4. The van der Waals surface area contributed by atoms with Crippen LogP contribution in [0.15, 0.2) is 42.5 Å². The fraction of sp³-hybridized carbons (Fsp3) is 0.548. The van der Waals surface area contributed by atoms with Crippen LogP contribution in [0.3, 0.4) is 0 Å². The maximum Gasteiger partial charge on any atom is 0.321 e. The third-order valence-electron chi connectivity index (χ3n) is 7.07. The van der Waals surface area contributed by atoms with Gasteiger partial charge in [-0.3, -0.25) is 14.6 Å². The van der Waals surface area contributed by atoms with Gasteiger partial charge in [0.05, 0.1) is 20.3 Å². The zero-order valence-corrected chi connectivity index (χ0v) is 23.9. The Bertz CT molecular complexity index is 1040. The smallest absolute Gasteiger partial charge is 0.321 e. The summed E-state index contributed by atoms with van der Waals surface area (Å²) < 4.78 is 16.6. The summed E-state index contributed by atoms with van der Waals surface area (Å²) in [6, 6.07) is 13.9. The Kier molecular flexibility index (Phi) is 13.1. The molecule has 0 spiro atoms. The zero-order valence-electron chi connectivity index (χ0n) is 23.9. The highest BCUT2D eigenvalue weighted by molar-refractivity contribution is 5.92. The number of methoxy groups -OCH3 is 1. The van der Waals surface area contributed by atoms with Crippen molar-refractivity contribution in [2.75, 3.05) is 65.1 Å². The van der Waals surface area contributed by atoms with E-state index in [1.807, 2.05) is 42.5 Å². The van der Waals surface area contributed by atoms with Gasteiger partial charge in [-0.25, -0.2) is 4.79 Å². The number of esters is 1. The molecule has 39 heavy (non-hydrogen) atoms. The number of nitrogens with one attached hydrogen (secondary N) is 1. The quantitative estimate of drug-likeness (QED) is 0.245. The van der Waals surface area contributed by atoms with E-state index in [1.54, 1.807) is 11.9 Å². The molecule has 0 unspecified atom stereocenters. The number of urea groups is 1. The molecule has 2 aromatic carbocycles. The van der Waals surface area contributed by atoms with E-state index < -0.39 is 0 Å². The van der Waals surface area contributed by atoms with E-state index in [-0.39, 0.29) is 12.0 Å². The fourth-order valence-corrected chi connectivity index (χ4v) is 4.58. The molecule has 1 fully saturated rings. The molecule has 0 radical (unpaired) electrons. The molecule has 0 bridgehead atoms. The summed E-state index contributed by atoms with van der Waals surface area (Å²) in [5.41, 5.74) is 3.74. The summed E-state index contributed by atoms with van der Waals surface area (Å²) in [6.45, 7) is 7.56. The van der Waals surface area contributed by atoms with Gasteiger partial charge in [-0.15, -0.1) is 0 Å². The number of morpholine rings is 1. The summed E-state index contributed by atoms with van der Waals surface area (Å²) in [5, 5.41) is 3.03. The number of benzene rings is 2. The third-order valence-corrected chi connectivity index (χ3v) is 7.07. The van der Waals surface area contributed by atoms with Gasteiger partial charge in [0.25, 0.3) is 0 Å². The highest BCUT2D eigenvalue weighted by Gasteiger charge is 2.15. The van der Waals surface area contributed by atoms with Crippen LogP contribution in [0.1, 0.15) is 51.0 Å². The summed E-state index contributed by atoms with van der Waals surface area (Å²) >= 11 is 0. The van der Waals surface area contributed by atoms with E-state index in [0.29, 0.717) is 26.0 Å². The molecule has 2 aromatic rings. The van der Waals surface area contributed by atoms with Crippen molar-refractivity contribution in [3.05, 3.63) is 48.0 Å². The van der Waals surface area contributed by atoms with E-state index >= 15 is 0 Å². The molecule has 1 aliphatic heterocycles. The first-order valence-electron chi connectivity index (χ1n) is 14.3. The number of ether oxygens (including phenoxy) is 3. The van der Waals surface area contributed by atoms with E-state index in [2.05, 4.69) is 17.1 Å². The first-order valence-corrected chi connectivity index (χ1v) is 14.3. The molecule has 0 atom stereocenters. The molecule has 0 aliphatic carbocycles. The highest BCUT2D eigenvalue weighted by atomic mass is 16.5. The van der Waals surface area contributed by atoms with Gasteiger partial charge in [0, 0.05) is 50.9 Å². The Morgan fingerprint density at radius 2 is 1.85 bits per heavy atom. The molecule has 3 rings (SSSR count). The Balaban J connectivity index is 1.70. The standard InChI is InChI=1S/C31H45N3O5/c1-4-5-6-7-8-16-32-31(36)33(2)27-11-9-10-26(24-27)28-14-12-25(13-15-30(35)37-3)23-29(28)39-22-19-34-17-20-38-21-18-34/h9-12,14,23-24H,4-8,13,15-22H2,1-3H3,(H,32,36). The first-order chi connectivity index (χ1) is 19.0. The second-order valence-corrected chi connectivity index (χ2v) is 9.96. The molecular formula is C31H45N3O5. The average molecular weight is 540 g/mol. The molecule has 1 aliphatic rings. The van der Waals surface area contributed by atoms with Gasteiger partial charge in [0.2, 0.25) is 0 Å². The minimum absolute atomic E-state index is 0.109. The van der Waals surface area contributed by atoms with Gasteiger partial charge in [0.15, 0.2) is 0 Å². The summed E-state index contributed by atoms with van der Waals surface area (Å²) in [6.07, 6.45) is 6.69. The third kappa shape index (κ3) is 10.2. The van der Waals surface area contributed by atoms with Gasteiger partial charge in [-0.1, -0.05) is 56.9 Å². The van der Waals surface area contributed by atoms with Gasteiger partial charge in [-0.05, 0) is 42.2 Å². The van der Waals surface area contributed by atoms with Crippen LogP contribution in [0.5, 0.6) is 5.75 Å². The Labute approximate surface area is 233 Å². The second kappa shape index (κ2) is 16.8. The zero-order chi connectivity index (χ0) is 27.9. The minimum atomic E-state index is -0.233. The lowest BCUT2D eigenvalue weighted by atomic mass is 10.00. The van der Waals surface area contributed by atoms with Crippen molar-refractivity contribution in [2.45, 2.75) is 51.9 Å². The van der Waals surface area contributed by atoms with Gasteiger partial charge in [0.1, 0.15) is 12.4 Å². The summed E-state index contributed by atoms with van der Waals surface area (Å²) in [4.78, 5) is 28.4. The normalized spacial score (nSPS) is 13.6. The van der Waals surface area contributed by atoms with Gasteiger partial charge < -0.3 is 19.5 Å². The van der Waals surface area contributed by atoms with E-state index in [1.165, 1.54) is 26.4 Å². The second-order valence-electron chi connectivity index (χ2n) is 9.96. The monoisotopic (exact) mass is 539 g/mol. The van der Waals surface area contributed by atoms with Crippen molar-refractivity contribution in [3.63, 3.8) is 0 Å². The molecule has 8 nitrogen and oxygen atoms in total. The van der Waals surface area contributed by atoms with Crippen LogP contribution in [0.25, 0.3) is 11.1 Å². The molecular weight excluding hydrogens is 494 g/mol. The lowest BCUT2D eigenvalue weighted by molar-refractivity contribution is -0.140. The topological polar surface area (TPSA) is 80.3 Å². The fourth-order valence-electron chi connectivity index (χ4n) is 4.58. The maximum absolute atomic E-state index is 12.8. The van der Waals surface area contributed by atoms with E-state index in [9.17, 15) is 9.59 Å². The number of nitrogens with zero attached hydrogens (tertiary/aromatic N) is 2. The number of amides is 2. The summed E-state index contributed by atoms with van der Waals surface area (Å²) in [7, 11) is 3.20. The van der Waals surface area contributed by atoms with Gasteiger partial charge in [-0.2, -0.15) is 0 Å². The first kappa shape index (κ1) is 30.4. The Hall–Kier alpha value is -3.10. The van der Waals surface area contributed by atoms with Crippen molar-refractivity contribution in [1.29, 1.82) is 0 Å². The molecule has 1 saturated heterocycles.